The molecule has 1 aromatic heterocycles. The average molecular weight is 327 g/mol. The largest absolute Gasteiger partial charge is 0.444 e. The summed E-state index contributed by atoms with van der Waals surface area (Å²) in [6.07, 6.45) is 2.73. The Morgan fingerprint density at radius 1 is 1.41 bits per heavy atom. The van der Waals surface area contributed by atoms with Crippen LogP contribution in [0, 0.1) is 0 Å². The number of hydrogen-bond donors (Lipinski definition) is 0. The van der Waals surface area contributed by atoms with Gasteiger partial charge in [0.25, 0.3) is 0 Å². The Hall–Kier alpha value is -1.70. The first-order valence-electron chi connectivity index (χ1n) is 7.02. The van der Waals surface area contributed by atoms with Crippen LogP contribution in [0.4, 0.5) is 4.79 Å². The first-order valence-corrected chi connectivity index (χ1v) is 8.91. The number of rotatable bonds is 1. The lowest BCUT2D eigenvalue weighted by Gasteiger charge is -2.35. The Morgan fingerprint density at radius 2 is 2.05 bits per heavy atom. The fraction of sp³-hybridized carbons (Fsp3) is 0.643. The van der Waals surface area contributed by atoms with E-state index in [0.29, 0.717) is 12.1 Å². The topological polar surface area (TPSA) is 89.5 Å². The predicted molar refractivity (Wildman–Crippen MR) is 80.1 cm³/mol. The van der Waals surface area contributed by atoms with Crippen molar-refractivity contribution in [3.8, 4) is 0 Å². The van der Waals surface area contributed by atoms with Gasteiger partial charge in [-0.2, -0.15) is 0 Å². The standard InChI is InChI=1S/C14H21N3O4S/c1-9-6-10-7-15-12(22(5,19)20)16-11(10)8-17(9)13(18)21-14(2,3)4/h7,9H,6,8H2,1-5H3/t9-/m0/s1. The molecule has 0 N–H and O–H groups in total. The summed E-state index contributed by atoms with van der Waals surface area (Å²) in [6, 6.07) is -0.0602. The molecule has 0 unspecified atom stereocenters. The second-order valence-corrected chi connectivity index (χ2v) is 8.47. The summed E-state index contributed by atoms with van der Waals surface area (Å²) in [5.41, 5.74) is 0.833. The van der Waals surface area contributed by atoms with Gasteiger partial charge in [-0.3, -0.25) is 4.90 Å². The minimum Gasteiger partial charge on any atom is -0.444 e. The van der Waals surface area contributed by atoms with E-state index in [0.717, 1.165) is 11.8 Å². The van der Waals surface area contributed by atoms with Crippen molar-refractivity contribution in [1.82, 2.24) is 14.9 Å². The highest BCUT2D eigenvalue weighted by molar-refractivity contribution is 7.90. The number of fused-ring (bicyclic) bond motifs is 1. The number of hydrogen-bond acceptors (Lipinski definition) is 6. The van der Waals surface area contributed by atoms with Crippen LogP contribution >= 0.6 is 0 Å². The minimum atomic E-state index is -3.47. The van der Waals surface area contributed by atoms with Crippen LogP contribution in [0.15, 0.2) is 11.4 Å². The fourth-order valence-corrected chi connectivity index (χ4v) is 2.74. The summed E-state index contributed by atoms with van der Waals surface area (Å²) in [5.74, 6) is 0. The zero-order chi connectivity index (χ0) is 16.7. The minimum absolute atomic E-state index is 0.0602. The van der Waals surface area contributed by atoms with Gasteiger partial charge in [0.15, 0.2) is 0 Å². The molecule has 122 valence electrons. The molecule has 0 aliphatic carbocycles. The van der Waals surface area contributed by atoms with Gasteiger partial charge in [0.1, 0.15) is 5.60 Å². The van der Waals surface area contributed by atoms with E-state index in [1.54, 1.807) is 25.7 Å². The molecule has 1 aromatic rings. The molecule has 1 atom stereocenters. The van der Waals surface area contributed by atoms with Gasteiger partial charge in [-0.15, -0.1) is 0 Å². The normalized spacial score (nSPS) is 18.8. The Morgan fingerprint density at radius 3 is 2.59 bits per heavy atom. The third-order valence-corrected chi connectivity index (χ3v) is 4.12. The van der Waals surface area contributed by atoms with Crippen LogP contribution in [0.25, 0.3) is 0 Å². The van der Waals surface area contributed by atoms with Crippen LogP contribution in [0.5, 0.6) is 0 Å². The van der Waals surface area contributed by atoms with Crippen molar-refractivity contribution in [3.05, 3.63) is 17.5 Å². The van der Waals surface area contributed by atoms with Crippen LogP contribution in [-0.4, -0.2) is 47.3 Å². The molecule has 2 rings (SSSR count). The average Bonchev–Trinajstić information content (AvgIpc) is 2.34. The molecule has 0 spiro atoms. The highest BCUT2D eigenvalue weighted by atomic mass is 32.2. The smallest absolute Gasteiger partial charge is 0.410 e. The van der Waals surface area contributed by atoms with E-state index in [9.17, 15) is 13.2 Å². The molecule has 22 heavy (non-hydrogen) atoms. The van der Waals surface area contributed by atoms with Gasteiger partial charge in [0.2, 0.25) is 15.0 Å². The lowest BCUT2D eigenvalue weighted by molar-refractivity contribution is 0.0133. The maximum absolute atomic E-state index is 12.3. The number of amides is 1. The predicted octanol–water partition coefficient (Wildman–Crippen LogP) is 1.56. The Kier molecular flexibility index (Phi) is 4.16. The van der Waals surface area contributed by atoms with E-state index in [4.69, 9.17) is 4.74 Å². The molecule has 0 saturated heterocycles. The fourth-order valence-electron chi connectivity index (χ4n) is 2.22. The van der Waals surface area contributed by atoms with E-state index in [1.165, 1.54) is 6.20 Å². The van der Waals surface area contributed by atoms with E-state index in [1.807, 2.05) is 6.92 Å². The summed E-state index contributed by atoms with van der Waals surface area (Å²) in [7, 11) is -3.47. The molecule has 1 aliphatic rings. The molecule has 8 heteroatoms. The second-order valence-electron chi connectivity index (χ2n) is 6.56. The summed E-state index contributed by atoms with van der Waals surface area (Å²) in [6.45, 7) is 7.54. The molecule has 7 nitrogen and oxygen atoms in total. The summed E-state index contributed by atoms with van der Waals surface area (Å²) < 4.78 is 28.5. The van der Waals surface area contributed by atoms with Crippen molar-refractivity contribution in [3.63, 3.8) is 0 Å². The van der Waals surface area contributed by atoms with Crippen molar-refractivity contribution >= 4 is 15.9 Å². The SMILES string of the molecule is C[C@H]1Cc2cnc(S(C)(=O)=O)nc2CN1C(=O)OC(C)(C)C. The van der Waals surface area contributed by atoms with Gasteiger partial charge >= 0.3 is 6.09 Å². The first kappa shape index (κ1) is 16.7. The maximum atomic E-state index is 12.3. The third kappa shape index (κ3) is 3.73. The summed E-state index contributed by atoms with van der Waals surface area (Å²) >= 11 is 0. The quantitative estimate of drug-likeness (QED) is 0.727. The van der Waals surface area contributed by atoms with Gasteiger partial charge in [0.05, 0.1) is 12.2 Å². The van der Waals surface area contributed by atoms with Crippen molar-refractivity contribution in [2.75, 3.05) is 6.26 Å². The molecule has 2 heterocycles. The third-order valence-electron chi connectivity index (χ3n) is 3.26. The second kappa shape index (κ2) is 5.49. The van der Waals surface area contributed by atoms with E-state index < -0.39 is 21.5 Å². The molecule has 0 aromatic carbocycles. The van der Waals surface area contributed by atoms with Crippen LogP contribution in [0.1, 0.15) is 39.0 Å². The van der Waals surface area contributed by atoms with Crippen LogP contribution < -0.4 is 0 Å². The number of carbonyl (C=O) groups is 1. The van der Waals surface area contributed by atoms with Crippen molar-refractivity contribution in [2.45, 2.75) is 57.5 Å². The lowest BCUT2D eigenvalue weighted by Crippen LogP contribution is -2.45. The first-order chi connectivity index (χ1) is 9.97. The van der Waals surface area contributed by atoms with E-state index in [-0.39, 0.29) is 17.7 Å². The molecule has 0 radical (unpaired) electrons. The molecule has 1 aliphatic heterocycles. The Labute approximate surface area is 130 Å². The maximum Gasteiger partial charge on any atom is 0.410 e. The van der Waals surface area contributed by atoms with Crippen molar-refractivity contribution < 1.29 is 17.9 Å². The monoisotopic (exact) mass is 327 g/mol. The molecular formula is C14H21N3O4S. The van der Waals surface area contributed by atoms with Gasteiger partial charge in [-0.25, -0.2) is 23.2 Å². The van der Waals surface area contributed by atoms with Gasteiger partial charge in [0, 0.05) is 18.5 Å². The van der Waals surface area contributed by atoms with Crippen molar-refractivity contribution in [2.24, 2.45) is 0 Å². The molecule has 0 bridgehead atoms. The molecule has 1 amide bonds. The number of aromatic nitrogens is 2. The van der Waals surface area contributed by atoms with E-state index >= 15 is 0 Å². The lowest BCUT2D eigenvalue weighted by atomic mass is 10.0. The zero-order valence-corrected chi connectivity index (χ0v) is 14.3. The summed E-state index contributed by atoms with van der Waals surface area (Å²) in [5, 5.41) is -0.218. The van der Waals surface area contributed by atoms with E-state index in [2.05, 4.69) is 9.97 Å². The van der Waals surface area contributed by atoms with Gasteiger partial charge in [-0.05, 0) is 39.7 Å². The number of sulfone groups is 1. The van der Waals surface area contributed by atoms with Crippen LogP contribution in [0.3, 0.4) is 0 Å². The van der Waals surface area contributed by atoms with Crippen LogP contribution in [0.2, 0.25) is 0 Å². The number of nitrogens with zero attached hydrogens (tertiary/aromatic N) is 3. The molecule has 0 saturated carbocycles. The number of carbonyl (C=O) groups excluding carboxylic acids is 1. The number of ether oxygens (including phenoxy) is 1. The van der Waals surface area contributed by atoms with Gasteiger partial charge in [-0.1, -0.05) is 0 Å². The summed E-state index contributed by atoms with van der Waals surface area (Å²) in [4.78, 5) is 21.8. The Balaban J connectivity index is 2.29. The van der Waals surface area contributed by atoms with Gasteiger partial charge < -0.3 is 4.74 Å². The van der Waals surface area contributed by atoms with Crippen LogP contribution in [-0.2, 0) is 27.5 Å². The highest BCUT2D eigenvalue weighted by Crippen LogP contribution is 2.24. The Bertz CT molecular complexity index is 695. The zero-order valence-electron chi connectivity index (χ0n) is 13.5. The molecular weight excluding hydrogens is 306 g/mol. The highest BCUT2D eigenvalue weighted by Gasteiger charge is 2.32. The van der Waals surface area contributed by atoms with Crippen molar-refractivity contribution in [1.29, 1.82) is 0 Å². The molecule has 0 fully saturated rings.